The molecule has 3 saturated carbocycles. The van der Waals surface area contributed by atoms with Gasteiger partial charge in [-0.3, -0.25) is 14.4 Å². The van der Waals surface area contributed by atoms with E-state index in [0.717, 1.165) is 32.1 Å². The molecule has 1 aliphatic heterocycles. The maximum Gasteiger partial charge on any atom is 0.481 e. The smallest absolute Gasteiger partial charge is 0.404 e. The highest BCUT2D eigenvalue weighted by molar-refractivity contribution is 6.48. The van der Waals surface area contributed by atoms with Crippen LogP contribution >= 0.6 is 0 Å². The van der Waals surface area contributed by atoms with E-state index in [9.17, 15) is 14.4 Å². The lowest BCUT2D eigenvalue weighted by molar-refractivity contribution is -0.199. The fourth-order valence-electron chi connectivity index (χ4n) is 7.00. The van der Waals surface area contributed by atoms with Crippen molar-refractivity contribution in [2.75, 3.05) is 6.54 Å². The molecular formula is C31H48BN3O5. The van der Waals surface area contributed by atoms with Crippen LogP contribution in [0.25, 0.3) is 0 Å². The third-order valence-electron chi connectivity index (χ3n) is 9.56. The molecule has 220 valence electrons. The van der Waals surface area contributed by atoms with Crippen molar-refractivity contribution in [2.45, 2.75) is 111 Å². The van der Waals surface area contributed by atoms with Crippen molar-refractivity contribution in [3.63, 3.8) is 0 Å². The summed E-state index contributed by atoms with van der Waals surface area (Å²) in [6, 6.07) is 6.52. The molecule has 4 aliphatic rings. The number of amides is 3. The Morgan fingerprint density at radius 3 is 2.38 bits per heavy atom. The average molecular weight is 554 g/mol. The Bertz CT molecular complexity index is 1080. The molecule has 2 bridgehead atoms. The van der Waals surface area contributed by atoms with Crippen molar-refractivity contribution in [2.24, 2.45) is 23.2 Å². The first-order valence-electron chi connectivity index (χ1n) is 15.1. The second-order valence-electron chi connectivity index (χ2n) is 13.3. The third kappa shape index (κ3) is 6.41. The highest BCUT2D eigenvalue weighted by Crippen LogP contribution is 2.65. The molecule has 3 aliphatic carbocycles. The van der Waals surface area contributed by atoms with E-state index >= 15 is 0 Å². The van der Waals surface area contributed by atoms with Gasteiger partial charge in [0.1, 0.15) is 6.04 Å². The minimum absolute atomic E-state index is 0.0102. The van der Waals surface area contributed by atoms with Crippen LogP contribution in [0, 0.1) is 23.2 Å². The summed E-state index contributed by atoms with van der Waals surface area (Å²) < 4.78 is 13.2. The summed E-state index contributed by atoms with van der Waals surface area (Å²) in [4.78, 5) is 38.4. The molecule has 0 spiro atoms. The van der Waals surface area contributed by atoms with E-state index in [1.165, 1.54) is 12.5 Å². The van der Waals surface area contributed by atoms with Gasteiger partial charge in [-0.2, -0.15) is 0 Å². The van der Waals surface area contributed by atoms with E-state index in [2.05, 4.69) is 57.5 Å². The molecule has 9 heteroatoms. The molecule has 6 atom stereocenters. The minimum Gasteiger partial charge on any atom is -0.404 e. The fraction of sp³-hybridized carbons (Fsp3) is 0.710. The first-order chi connectivity index (χ1) is 18.8. The SMILES string of the molecule is CCCCc1ccc(C(=O)N[C@@H](CNC(C)=O)C(=O)N[C@@H](CC(C)C)B2O[C@@H]3C[C@@H]4C[C@@H](C4(C)C)[C@]3(C)O2)cc1. The van der Waals surface area contributed by atoms with E-state index in [1.807, 2.05) is 12.1 Å². The summed E-state index contributed by atoms with van der Waals surface area (Å²) in [7, 11) is -0.565. The van der Waals surface area contributed by atoms with Crippen molar-refractivity contribution in [1.82, 2.24) is 16.0 Å². The molecule has 40 heavy (non-hydrogen) atoms. The van der Waals surface area contributed by atoms with Gasteiger partial charge in [-0.25, -0.2) is 0 Å². The van der Waals surface area contributed by atoms with Crippen molar-refractivity contribution in [3.05, 3.63) is 35.4 Å². The van der Waals surface area contributed by atoms with E-state index in [-0.39, 0.29) is 53.2 Å². The number of rotatable bonds is 12. The Morgan fingerprint density at radius 2 is 1.77 bits per heavy atom. The Morgan fingerprint density at radius 1 is 1.07 bits per heavy atom. The zero-order valence-corrected chi connectivity index (χ0v) is 25.3. The monoisotopic (exact) mass is 553 g/mol. The molecule has 5 rings (SSSR count). The lowest BCUT2D eigenvalue weighted by atomic mass is 9.43. The van der Waals surface area contributed by atoms with E-state index in [1.54, 1.807) is 12.1 Å². The quantitative estimate of drug-likeness (QED) is 0.339. The van der Waals surface area contributed by atoms with Crippen LogP contribution in [-0.2, 0) is 25.3 Å². The van der Waals surface area contributed by atoms with Crippen molar-refractivity contribution >= 4 is 24.8 Å². The highest BCUT2D eigenvalue weighted by Gasteiger charge is 2.68. The maximum absolute atomic E-state index is 13.6. The Labute approximate surface area is 240 Å². The normalized spacial score (nSPS) is 27.8. The number of benzene rings is 1. The van der Waals surface area contributed by atoms with Gasteiger partial charge in [0.15, 0.2) is 0 Å². The van der Waals surface area contributed by atoms with E-state index in [4.69, 9.17) is 9.31 Å². The molecule has 0 unspecified atom stereocenters. The molecule has 4 fully saturated rings. The highest BCUT2D eigenvalue weighted by atomic mass is 16.7. The van der Waals surface area contributed by atoms with Crippen LogP contribution in [0.4, 0.5) is 0 Å². The summed E-state index contributed by atoms with van der Waals surface area (Å²) >= 11 is 0. The molecule has 8 nitrogen and oxygen atoms in total. The van der Waals surface area contributed by atoms with E-state index < -0.39 is 13.2 Å². The fourth-order valence-corrected chi connectivity index (χ4v) is 7.00. The largest absolute Gasteiger partial charge is 0.481 e. The number of aryl methyl sites for hydroxylation is 1. The molecule has 3 amide bonds. The molecule has 0 aromatic heterocycles. The summed E-state index contributed by atoms with van der Waals surface area (Å²) in [6.45, 7) is 14.5. The van der Waals surface area contributed by atoms with Crippen molar-refractivity contribution in [3.8, 4) is 0 Å². The molecule has 1 saturated heterocycles. The van der Waals surface area contributed by atoms with Gasteiger partial charge in [0.25, 0.3) is 5.91 Å². The Hall–Kier alpha value is -2.39. The minimum atomic E-state index is -0.947. The van der Waals surface area contributed by atoms with Crippen LogP contribution in [0.3, 0.4) is 0 Å². The van der Waals surface area contributed by atoms with Gasteiger partial charge in [-0.1, -0.05) is 53.2 Å². The van der Waals surface area contributed by atoms with Crippen LogP contribution in [0.15, 0.2) is 24.3 Å². The van der Waals surface area contributed by atoms with Crippen LogP contribution < -0.4 is 16.0 Å². The summed E-state index contributed by atoms with van der Waals surface area (Å²) in [5, 5.41) is 8.65. The van der Waals surface area contributed by atoms with Gasteiger partial charge < -0.3 is 25.3 Å². The van der Waals surface area contributed by atoms with Crippen LogP contribution in [0.1, 0.15) is 96.5 Å². The predicted octanol–water partition coefficient (Wildman–Crippen LogP) is 4.06. The standard InChI is InChI=1S/C31H48BN3O5/c1-8-9-10-21-11-13-22(14-12-21)28(37)34-24(18-33-20(4)36)29(38)35-27(15-19(2)3)32-39-26-17-23-16-25(30(23,5)6)31(26,7)40-32/h11-14,19,23-27H,8-10,15-18H2,1-7H3,(H,33,36)(H,34,37)(H,35,38)/t23-,24-,25-,26+,27-,31-/m0/s1. The van der Waals surface area contributed by atoms with Gasteiger partial charge >= 0.3 is 7.12 Å². The number of nitrogens with one attached hydrogen (secondary N) is 3. The van der Waals surface area contributed by atoms with Crippen molar-refractivity contribution in [1.29, 1.82) is 0 Å². The topological polar surface area (TPSA) is 106 Å². The molecule has 3 N–H and O–H groups in total. The predicted molar refractivity (Wildman–Crippen MR) is 156 cm³/mol. The van der Waals surface area contributed by atoms with Gasteiger partial charge in [0, 0.05) is 19.0 Å². The number of unbranched alkanes of at least 4 members (excludes halogenated alkanes) is 1. The first kappa shape index (κ1) is 30.6. The zero-order valence-electron chi connectivity index (χ0n) is 25.3. The molecule has 1 aromatic carbocycles. The summed E-state index contributed by atoms with van der Waals surface area (Å²) in [6.07, 6.45) is 5.96. The molecular weight excluding hydrogens is 505 g/mol. The lowest BCUT2D eigenvalue weighted by Crippen LogP contribution is -2.65. The molecule has 0 radical (unpaired) electrons. The van der Waals surface area contributed by atoms with Gasteiger partial charge in [0.05, 0.1) is 17.6 Å². The van der Waals surface area contributed by atoms with E-state index in [0.29, 0.717) is 23.8 Å². The maximum atomic E-state index is 13.6. The Kier molecular flexibility index (Phi) is 9.35. The third-order valence-corrected chi connectivity index (χ3v) is 9.56. The van der Waals surface area contributed by atoms with Crippen LogP contribution in [-0.4, -0.2) is 55.1 Å². The first-order valence-corrected chi connectivity index (χ1v) is 15.1. The van der Waals surface area contributed by atoms with Crippen LogP contribution in [0.5, 0.6) is 0 Å². The number of hydrogen-bond donors (Lipinski definition) is 3. The lowest BCUT2D eigenvalue weighted by Gasteiger charge is -2.64. The van der Waals surface area contributed by atoms with Crippen LogP contribution in [0.2, 0.25) is 0 Å². The second-order valence-corrected chi connectivity index (χ2v) is 13.3. The number of carbonyl (C=O) groups excluding carboxylic acids is 3. The van der Waals surface area contributed by atoms with Gasteiger partial charge in [0.2, 0.25) is 11.8 Å². The Balaban J connectivity index is 1.46. The summed E-state index contributed by atoms with van der Waals surface area (Å²) in [5.41, 5.74) is 1.49. The molecule has 1 aromatic rings. The average Bonchev–Trinajstić information content (AvgIpc) is 3.26. The molecule has 1 heterocycles. The van der Waals surface area contributed by atoms with Gasteiger partial charge in [-0.15, -0.1) is 0 Å². The summed E-state index contributed by atoms with van der Waals surface area (Å²) in [5.74, 6) is -0.0473. The number of carbonyl (C=O) groups is 3. The van der Waals surface area contributed by atoms with Crippen molar-refractivity contribution < 1.29 is 23.7 Å². The second kappa shape index (κ2) is 12.2. The van der Waals surface area contributed by atoms with Gasteiger partial charge in [-0.05, 0) is 79.9 Å². The zero-order chi connectivity index (χ0) is 29.2. The number of hydrogen-bond acceptors (Lipinski definition) is 5.